The van der Waals surface area contributed by atoms with Crippen molar-refractivity contribution in [3.63, 3.8) is 0 Å². The highest BCUT2D eigenvalue weighted by Gasteiger charge is 2.32. The van der Waals surface area contributed by atoms with E-state index in [0.29, 0.717) is 0 Å². The van der Waals surface area contributed by atoms with Gasteiger partial charge in [-0.05, 0) is 38.4 Å². The first kappa shape index (κ1) is 15.1. The molecular formula is C16H20N4OS. The molecule has 0 aromatic carbocycles. The Hall–Kier alpha value is -1.79. The van der Waals surface area contributed by atoms with Gasteiger partial charge in [-0.3, -0.25) is 14.8 Å². The van der Waals surface area contributed by atoms with Gasteiger partial charge < -0.3 is 9.80 Å². The van der Waals surface area contributed by atoms with E-state index in [1.807, 2.05) is 35.8 Å². The van der Waals surface area contributed by atoms with Gasteiger partial charge in [0.25, 0.3) is 5.91 Å². The van der Waals surface area contributed by atoms with Crippen LogP contribution in [0.2, 0.25) is 0 Å². The number of amides is 1. The van der Waals surface area contributed by atoms with Gasteiger partial charge >= 0.3 is 0 Å². The lowest BCUT2D eigenvalue weighted by atomic mass is 10.1. The molecule has 2 aromatic rings. The normalized spacial score (nSPS) is 18.1. The minimum absolute atomic E-state index is 0.0435. The molecule has 0 unspecified atom stereocenters. The fourth-order valence-electron chi connectivity index (χ4n) is 2.85. The molecule has 3 heterocycles. The van der Waals surface area contributed by atoms with Crippen LogP contribution in [0, 0.1) is 0 Å². The predicted octanol–water partition coefficient (Wildman–Crippen LogP) is 2.58. The molecule has 22 heavy (non-hydrogen) atoms. The summed E-state index contributed by atoms with van der Waals surface area (Å²) in [6.45, 7) is 1.55. The second kappa shape index (κ2) is 6.54. The van der Waals surface area contributed by atoms with Crippen LogP contribution in [0.4, 0.5) is 0 Å². The largest absolute Gasteiger partial charge is 0.330 e. The van der Waals surface area contributed by atoms with Crippen molar-refractivity contribution in [3.8, 4) is 0 Å². The van der Waals surface area contributed by atoms with Gasteiger partial charge in [0.1, 0.15) is 0 Å². The molecule has 0 radical (unpaired) electrons. The van der Waals surface area contributed by atoms with E-state index in [9.17, 15) is 4.79 Å². The zero-order chi connectivity index (χ0) is 15.5. The number of likely N-dealkylation sites (tertiary alicyclic amines) is 1. The number of carbonyl (C=O) groups excluding carboxylic acids is 1. The van der Waals surface area contributed by atoms with E-state index in [4.69, 9.17) is 4.98 Å². The Kier molecular flexibility index (Phi) is 4.49. The van der Waals surface area contributed by atoms with Crippen LogP contribution in [0.1, 0.15) is 40.6 Å². The fourth-order valence-corrected chi connectivity index (χ4v) is 3.48. The summed E-state index contributed by atoms with van der Waals surface area (Å²) in [6.07, 6.45) is 5.56. The van der Waals surface area contributed by atoms with Crippen molar-refractivity contribution in [1.82, 2.24) is 19.8 Å². The second-order valence-corrected chi connectivity index (χ2v) is 6.62. The summed E-state index contributed by atoms with van der Waals surface area (Å²) in [6, 6.07) is 1.93. The molecule has 0 saturated carbocycles. The maximum absolute atomic E-state index is 12.6. The zero-order valence-electron chi connectivity index (χ0n) is 12.9. The van der Waals surface area contributed by atoms with E-state index >= 15 is 0 Å². The average Bonchev–Trinajstić information content (AvgIpc) is 3.18. The molecule has 3 rings (SSSR count). The van der Waals surface area contributed by atoms with Crippen LogP contribution in [0.3, 0.4) is 0 Å². The van der Waals surface area contributed by atoms with Gasteiger partial charge in [-0.15, -0.1) is 0 Å². The summed E-state index contributed by atoms with van der Waals surface area (Å²) in [7, 11) is 4.02. The van der Waals surface area contributed by atoms with Gasteiger partial charge in [-0.25, -0.2) is 0 Å². The molecule has 6 heteroatoms. The molecule has 1 aliphatic rings. The van der Waals surface area contributed by atoms with Gasteiger partial charge in [-0.2, -0.15) is 11.3 Å². The molecule has 0 spiro atoms. The third kappa shape index (κ3) is 3.18. The minimum Gasteiger partial charge on any atom is -0.330 e. The average molecular weight is 316 g/mol. The topological polar surface area (TPSA) is 49.3 Å². The first-order valence-corrected chi connectivity index (χ1v) is 8.38. The molecule has 116 valence electrons. The first-order chi connectivity index (χ1) is 10.6. The predicted molar refractivity (Wildman–Crippen MR) is 86.8 cm³/mol. The maximum Gasteiger partial charge on any atom is 0.255 e. The molecule has 0 aliphatic carbocycles. The van der Waals surface area contributed by atoms with Crippen LogP contribution in [0.5, 0.6) is 0 Å². The van der Waals surface area contributed by atoms with Crippen LogP contribution in [0.25, 0.3) is 0 Å². The van der Waals surface area contributed by atoms with Crippen LogP contribution in [0.15, 0.2) is 29.2 Å². The van der Waals surface area contributed by atoms with E-state index in [1.54, 1.807) is 23.7 Å². The lowest BCUT2D eigenvalue weighted by Gasteiger charge is -2.24. The van der Waals surface area contributed by atoms with Crippen molar-refractivity contribution in [3.05, 3.63) is 46.2 Å². The summed E-state index contributed by atoms with van der Waals surface area (Å²) in [5.41, 5.74) is 2.62. The van der Waals surface area contributed by atoms with Crippen LogP contribution in [-0.2, 0) is 6.54 Å². The summed E-state index contributed by atoms with van der Waals surface area (Å²) in [4.78, 5) is 25.7. The number of aromatic nitrogens is 2. The smallest absolute Gasteiger partial charge is 0.255 e. The minimum atomic E-state index is 0.0435. The van der Waals surface area contributed by atoms with Crippen molar-refractivity contribution < 1.29 is 4.79 Å². The summed E-state index contributed by atoms with van der Waals surface area (Å²) in [5.74, 6) is 0.101. The third-order valence-electron chi connectivity index (χ3n) is 3.80. The molecule has 1 fully saturated rings. The summed E-state index contributed by atoms with van der Waals surface area (Å²) < 4.78 is 0. The van der Waals surface area contributed by atoms with Crippen LogP contribution >= 0.6 is 11.3 Å². The number of hydrogen-bond donors (Lipinski definition) is 0. The Morgan fingerprint density at radius 1 is 1.45 bits per heavy atom. The van der Waals surface area contributed by atoms with E-state index < -0.39 is 0 Å². The summed E-state index contributed by atoms with van der Waals surface area (Å²) in [5, 5.41) is 3.85. The molecule has 1 atom stereocenters. The van der Waals surface area contributed by atoms with Crippen molar-refractivity contribution >= 4 is 17.2 Å². The Bertz CT molecular complexity index is 641. The van der Waals surface area contributed by atoms with Gasteiger partial charge in [0.15, 0.2) is 0 Å². The van der Waals surface area contributed by atoms with Crippen LogP contribution in [-0.4, -0.2) is 46.3 Å². The zero-order valence-corrected chi connectivity index (χ0v) is 13.7. The summed E-state index contributed by atoms with van der Waals surface area (Å²) >= 11 is 1.55. The number of carbonyl (C=O) groups is 1. The Labute approximate surface area is 134 Å². The lowest BCUT2D eigenvalue weighted by molar-refractivity contribution is 0.0733. The third-order valence-corrected chi connectivity index (χ3v) is 4.49. The van der Waals surface area contributed by atoms with Gasteiger partial charge in [0, 0.05) is 24.7 Å². The highest BCUT2D eigenvalue weighted by Crippen LogP contribution is 2.32. The standard InChI is InChI=1S/C16H20N4OS/c1-19(2)10-13-8-17-9-14(18-13)15-4-3-6-20(15)16(21)12-5-7-22-11-12/h5,7-9,11,15H,3-4,6,10H2,1-2H3/t15-/m1/s1. The van der Waals surface area contributed by atoms with Crippen molar-refractivity contribution in [1.29, 1.82) is 0 Å². The van der Waals surface area contributed by atoms with E-state index in [2.05, 4.69) is 9.88 Å². The van der Waals surface area contributed by atoms with Crippen molar-refractivity contribution in [2.24, 2.45) is 0 Å². The molecule has 1 aliphatic heterocycles. The Morgan fingerprint density at radius 2 is 2.32 bits per heavy atom. The number of hydrogen-bond acceptors (Lipinski definition) is 5. The van der Waals surface area contributed by atoms with E-state index in [0.717, 1.165) is 42.9 Å². The Balaban J connectivity index is 1.82. The monoisotopic (exact) mass is 316 g/mol. The molecule has 1 amide bonds. The second-order valence-electron chi connectivity index (χ2n) is 5.84. The SMILES string of the molecule is CN(C)Cc1cncc([C@H]2CCCN2C(=O)c2ccsc2)n1. The lowest BCUT2D eigenvalue weighted by Crippen LogP contribution is -2.31. The number of nitrogens with zero attached hydrogens (tertiary/aromatic N) is 4. The molecule has 1 saturated heterocycles. The van der Waals surface area contributed by atoms with Gasteiger partial charge in [0.2, 0.25) is 0 Å². The van der Waals surface area contributed by atoms with Crippen LogP contribution < -0.4 is 0 Å². The number of thiophene rings is 1. The van der Waals surface area contributed by atoms with Crippen molar-refractivity contribution in [2.75, 3.05) is 20.6 Å². The first-order valence-electron chi connectivity index (χ1n) is 7.44. The molecule has 5 nitrogen and oxygen atoms in total. The molecule has 0 N–H and O–H groups in total. The quantitative estimate of drug-likeness (QED) is 0.870. The maximum atomic E-state index is 12.6. The highest BCUT2D eigenvalue weighted by atomic mass is 32.1. The Morgan fingerprint density at radius 3 is 3.05 bits per heavy atom. The fraction of sp³-hybridized carbons (Fsp3) is 0.438. The molecular weight excluding hydrogens is 296 g/mol. The van der Waals surface area contributed by atoms with E-state index in [1.165, 1.54) is 0 Å². The van der Waals surface area contributed by atoms with E-state index in [-0.39, 0.29) is 11.9 Å². The molecule has 0 bridgehead atoms. The van der Waals surface area contributed by atoms with Gasteiger partial charge in [-0.1, -0.05) is 0 Å². The van der Waals surface area contributed by atoms with Crippen molar-refractivity contribution in [2.45, 2.75) is 25.4 Å². The van der Waals surface area contributed by atoms with Gasteiger partial charge in [0.05, 0.1) is 29.2 Å². The molecule has 2 aromatic heterocycles. The number of rotatable bonds is 4. The highest BCUT2D eigenvalue weighted by molar-refractivity contribution is 7.08.